The van der Waals surface area contributed by atoms with E-state index in [-0.39, 0.29) is 0 Å². The van der Waals surface area contributed by atoms with Crippen LogP contribution in [0.3, 0.4) is 0 Å². The summed E-state index contributed by atoms with van der Waals surface area (Å²) in [6.07, 6.45) is -0.0127. The van der Waals surface area contributed by atoms with Crippen molar-refractivity contribution in [2.24, 2.45) is 0 Å². The molecule has 0 saturated heterocycles. The molecular formula is C12H11F3N4O. The Morgan fingerprint density at radius 2 is 2.00 bits per heavy atom. The highest BCUT2D eigenvalue weighted by molar-refractivity contribution is 5.90. The zero-order valence-electron chi connectivity index (χ0n) is 10.2. The first-order valence-electron chi connectivity index (χ1n) is 5.72. The van der Waals surface area contributed by atoms with Gasteiger partial charge in [0, 0.05) is 30.5 Å². The number of nitrogens with zero attached hydrogens (tertiary/aromatic N) is 3. The van der Waals surface area contributed by atoms with Crippen LogP contribution in [0, 0.1) is 0 Å². The third-order valence-electron chi connectivity index (χ3n) is 2.56. The molecule has 8 heteroatoms. The summed E-state index contributed by atoms with van der Waals surface area (Å²) in [6, 6.07) is 2.38. The first-order valence-corrected chi connectivity index (χ1v) is 5.72. The summed E-state index contributed by atoms with van der Waals surface area (Å²) < 4.78 is 39.5. The molecule has 1 unspecified atom stereocenters. The summed E-state index contributed by atoms with van der Waals surface area (Å²) in [4.78, 5) is 15.4. The predicted molar refractivity (Wildman–Crippen MR) is 64.8 cm³/mol. The summed E-state index contributed by atoms with van der Waals surface area (Å²) in [5, 5.41) is 5.94. The number of carbonyl (C=O) groups excluding carboxylic acids is 1. The third-order valence-corrected chi connectivity index (χ3v) is 2.56. The molecule has 2 aromatic heterocycles. The second kappa shape index (κ2) is 5.72. The summed E-state index contributed by atoms with van der Waals surface area (Å²) in [5.74, 6) is -0.742. The van der Waals surface area contributed by atoms with Gasteiger partial charge in [-0.25, -0.2) is 0 Å². The van der Waals surface area contributed by atoms with Gasteiger partial charge in [0.05, 0.1) is 6.42 Å². The molecule has 0 radical (unpaired) electrons. The van der Waals surface area contributed by atoms with Crippen LogP contribution >= 0.6 is 0 Å². The van der Waals surface area contributed by atoms with Crippen molar-refractivity contribution in [3.8, 4) is 0 Å². The molecule has 0 aromatic carbocycles. The summed E-state index contributed by atoms with van der Waals surface area (Å²) >= 11 is 0. The van der Waals surface area contributed by atoms with Gasteiger partial charge in [-0.2, -0.15) is 18.3 Å². The molecule has 2 heterocycles. The van der Waals surface area contributed by atoms with Gasteiger partial charge in [-0.1, -0.05) is 0 Å². The fourth-order valence-electron chi connectivity index (χ4n) is 1.65. The van der Waals surface area contributed by atoms with Crippen molar-refractivity contribution in [3.05, 3.63) is 43.0 Å². The second-order valence-corrected chi connectivity index (χ2v) is 4.03. The predicted octanol–water partition coefficient (Wildman–Crippen LogP) is 2.41. The highest BCUT2D eigenvalue weighted by Gasteiger charge is 2.42. The number of alkyl halides is 3. The molecule has 20 heavy (non-hydrogen) atoms. The maximum Gasteiger partial charge on any atom is 0.411 e. The summed E-state index contributed by atoms with van der Waals surface area (Å²) in [6.45, 7) is 0. The maximum absolute atomic E-state index is 12.9. The number of carbonyl (C=O) groups is 1. The lowest BCUT2D eigenvalue weighted by Crippen LogP contribution is -2.31. The molecule has 0 aliphatic rings. The van der Waals surface area contributed by atoms with Gasteiger partial charge < -0.3 is 5.32 Å². The maximum atomic E-state index is 12.9. The molecule has 0 spiro atoms. The van der Waals surface area contributed by atoms with Crippen LogP contribution in [0.25, 0.3) is 0 Å². The smallest absolute Gasteiger partial charge is 0.326 e. The molecule has 1 N–H and O–H groups in total. The van der Waals surface area contributed by atoms with E-state index in [4.69, 9.17) is 0 Å². The van der Waals surface area contributed by atoms with E-state index in [2.05, 4.69) is 15.4 Å². The first kappa shape index (κ1) is 14.0. The number of hydrogen-bond donors (Lipinski definition) is 1. The number of amides is 1. The van der Waals surface area contributed by atoms with Crippen molar-refractivity contribution in [2.75, 3.05) is 5.32 Å². The van der Waals surface area contributed by atoms with Crippen LogP contribution in [0.2, 0.25) is 0 Å². The van der Waals surface area contributed by atoms with Crippen LogP contribution in [0.5, 0.6) is 0 Å². The van der Waals surface area contributed by atoms with Gasteiger partial charge in [0.25, 0.3) is 0 Å². The SMILES string of the molecule is O=C(CC(n1cccn1)C(F)(F)F)Nc1ccncc1. The van der Waals surface area contributed by atoms with Crippen LogP contribution in [-0.4, -0.2) is 26.8 Å². The number of nitrogens with one attached hydrogen (secondary N) is 1. The highest BCUT2D eigenvalue weighted by Crippen LogP contribution is 2.32. The molecule has 2 aromatic rings. The minimum Gasteiger partial charge on any atom is -0.326 e. The molecule has 5 nitrogen and oxygen atoms in total. The van der Waals surface area contributed by atoms with Crippen LogP contribution in [0.4, 0.5) is 18.9 Å². The Hall–Kier alpha value is -2.38. The molecule has 2 rings (SSSR count). The van der Waals surface area contributed by atoms with Crippen molar-refractivity contribution in [1.29, 1.82) is 0 Å². The van der Waals surface area contributed by atoms with E-state index in [1.807, 2.05) is 0 Å². The van der Waals surface area contributed by atoms with E-state index >= 15 is 0 Å². The number of hydrogen-bond acceptors (Lipinski definition) is 3. The van der Waals surface area contributed by atoms with Crippen molar-refractivity contribution in [3.63, 3.8) is 0 Å². The number of pyridine rings is 1. The van der Waals surface area contributed by atoms with Crippen molar-refractivity contribution < 1.29 is 18.0 Å². The zero-order valence-corrected chi connectivity index (χ0v) is 10.2. The zero-order chi connectivity index (χ0) is 14.6. The van der Waals surface area contributed by atoms with E-state index in [9.17, 15) is 18.0 Å². The lowest BCUT2D eigenvalue weighted by atomic mass is 10.2. The Bertz CT molecular complexity index is 554. The molecule has 0 aliphatic carbocycles. The quantitative estimate of drug-likeness (QED) is 0.938. The molecule has 0 bridgehead atoms. The normalized spacial score (nSPS) is 12.9. The number of rotatable bonds is 4. The average molecular weight is 284 g/mol. The van der Waals surface area contributed by atoms with E-state index in [1.165, 1.54) is 43.0 Å². The van der Waals surface area contributed by atoms with Gasteiger partial charge in [-0.15, -0.1) is 0 Å². The number of halogens is 3. The minimum atomic E-state index is -4.55. The van der Waals surface area contributed by atoms with Gasteiger partial charge >= 0.3 is 6.18 Å². The van der Waals surface area contributed by atoms with Gasteiger partial charge in [0.2, 0.25) is 5.91 Å². The molecule has 0 saturated carbocycles. The second-order valence-electron chi connectivity index (χ2n) is 4.03. The Morgan fingerprint density at radius 3 is 2.55 bits per heavy atom. The topological polar surface area (TPSA) is 59.8 Å². The lowest BCUT2D eigenvalue weighted by molar-refractivity contribution is -0.174. The highest BCUT2D eigenvalue weighted by atomic mass is 19.4. The van der Waals surface area contributed by atoms with Crippen molar-refractivity contribution in [1.82, 2.24) is 14.8 Å². The summed E-state index contributed by atoms with van der Waals surface area (Å²) in [7, 11) is 0. The molecular weight excluding hydrogens is 273 g/mol. The van der Waals surface area contributed by atoms with E-state index in [0.29, 0.717) is 5.69 Å². The van der Waals surface area contributed by atoms with Gasteiger partial charge in [0.1, 0.15) is 0 Å². The monoisotopic (exact) mass is 284 g/mol. The number of anilines is 1. The average Bonchev–Trinajstić information content (AvgIpc) is 2.89. The Balaban J connectivity index is 2.07. The van der Waals surface area contributed by atoms with Gasteiger partial charge in [0.15, 0.2) is 6.04 Å². The van der Waals surface area contributed by atoms with Crippen LogP contribution in [0.15, 0.2) is 43.0 Å². The van der Waals surface area contributed by atoms with Crippen LogP contribution in [-0.2, 0) is 4.79 Å². The van der Waals surface area contributed by atoms with Gasteiger partial charge in [-0.3, -0.25) is 14.5 Å². The number of aromatic nitrogens is 3. The van der Waals surface area contributed by atoms with E-state index in [1.54, 1.807) is 0 Å². The third kappa shape index (κ3) is 3.56. The molecule has 1 atom stereocenters. The molecule has 1 amide bonds. The lowest BCUT2D eigenvalue weighted by Gasteiger charge is -2.20. The Kier molecular flexibility index (Phi) is 4.02. The van der Waals surface area contributed by atoms with Crippen molar-refractivity contribution >= 4 is 11.6 Å². The fraction of sp³-hybridized carbons (Fsp3) is 0.250. The van der Waals surface area contributed by atoms with Gasteiger partial charge in [-0.05, 0) is 18.2 Å². The van der Waals surface area contributed by atoms with Crippen molar-refractivity contribution in [2.45, 2.75) is 18.6 Å². The minimum absolute atomic E-state index is 0.395. The standard InChI is InChI=1S/C12H11F3N4O/c13-12(14,15)10(19-7-1-4-17-19)8-11(20)18-9-2-5-16-6-3-9/h1-7,10H,8H2,(H,16,18,20). The van der Waals surface area contributed by atoms with Crippen LogP contribution in [0.1, 0.15) is 12.5 Å². The Morgan fingerprint density at radius 1 is 1.30 bits per heavy atom. The van der Waals surface area contributed by atoms with E-state index in [0.717, 1.165) is 4.68 Å². The summed E-state index contributed by atoms with van der Waals surface area (Å²) in [5.41, 5.74) is 0.395. The van der Waals surface area contributed by atoms with E-state index < -0.39 is 24.5 Å². The fourth-order valence-corrected chi connectivity index (χ4v) is 1.65. The molecule has 0 fully saturated rings. The van der Waals surface area contributed by atoms with Crippen LogP contribution < -0.4 is 5.32 Å². The largest absolute Gasteiger partial charge is 0.411 e. The molecule has 0 aliphatic heterocycles. The first-order chi connectivity index (χ1) is 9.47. The Labute approximate surface area is 112 Å². The molecule has 106 valence electrons.